The highest BCUT2D eigenvalue weighted by molar-refractivity contribution is 6.31. The Kier molecular flexibility index (Phi) is 6.02. The zero-order chi connectivity index (χ0) is 19.6. The number of amides is 1. The topological polar surface area (TPSA) is 52.6 Å². The van der Waals surface area contributed by atoms with Gasteiger partial charge in [0.15, 0.2) is 0 Å². The van der Waals surface area contributed by atoms with Gasteiger partial charge in [0, 0.05) is 28.9 Å². The molecule has 1 fully saturated rings. The molecular formula is C21H24ClFN2O2. The zero-order valence-corrected chi connectivity index (χ0v) is 16.3. The van der Waals surface area contributed by atoms with Gasteiger partial charge in [-0.1, -0.05) is 17.7 Å². The first-order valence-electron chi connectivity index (χ1n) is 9.17. The number of anilines is 2. The lowest BCUT2D eigenvalue weighted by Gasteiger charge is -2.30. The first kappa shape index (κ1) is 19.6. The van der Waals surface area contributed by atoms with Gasteiger partial charge in [-0.3, -0.25) is 4.79 Å². The highest BCUT2D eigenvalue weighted by Gasteiger charge is 2.24. The Morgan fingerprint density at radius 1 is 1.22 bits per heavy atom. The number of rotatable bonds is 3. The molecule has 1 heterocycles. The molecule has 0 saturated carbocycles. The number of hydrogen-bond donors (Lipinski definition) is 2. The maximum absolute atomic E-state index is 14.5. The molecule has 2 N–H and O–H groups in total. The fourth-order valence-corrected chi connectivity index (χ4v) is 3.53. The molecule has 2 atom stereocenters. The van der Waals surface area contributed by atoms with Gasteiger partial charge in [0.25, 0.3) is 5.91 Å². The lowest BCUT2D eigenvalue weighted by molar-refractivity contribution is 0.102. The third-order valence-electron chi connectivity index (χ3n) is 5.10. The van der Waals surface area contributed by atoms with Crippen molar-refractivity contribution in [3.8, 4) is 0 Å². The minimum absolute atomic E-state index is 0.0888. The Bertz CT molecular complexity index is 843. The molecule has 2 aromatic rings. The number of carbonyl (C=O) groups excluding carboxylic acids is 1. The number of benzene rings is 2. The summed E-state index contributed by atoms with van der Waals surface area (Å²) in [5.41, 5.74) is 2.29. The quantitative estimate of drug-likeness (QED) is 0.793. The van der Waals surface area contributed by atoms with Crippen LogP contribution < -0.4 is 10.2 Å². The van der Waals surface area contributed by atoms with Gasteiger partial charge in [0.05, 0.1) is 11.8 Å². The molecule has 4 nitrogen and oxygen atoms in total. The third kappa shape index (κ3) is 4.60. The molecule has 0 spiro atoms. The summed E-state index contributed by atoms with van der Waals surface area (Å²) in [6, 6.07) is 9.76. The summed E-state index contributed by atoms with van der Waals surface area (Å²) in [6.45, 7) is 4.45. The standard InChI is InChI=1S/C21H24ClFN2O2/c1-13-3-6-16(12-18(13)22)24-21(27)15-5-8-19(23)20(11-15)25-10-9-17(26)7-4-14(25)2/h3,5-6,8,11-12,14,17,26H,4,7,9-10H2,1-2H3,(H,24,27). The fraction of sp³-hybridized carbons (Fsp3) is 0.381. The van der Waals surface area contributed by atoms with E-state index in [1.165, 1.54) is 12.1 Å². The van der Waals surface area contributed by atoms with Crippen molar-refractivity contribution in [3.05, 3.63) is 58.4 Å². The molecule has 0 aromatic heterocycles. The third-order valence-corrected chi connectivity index (χ3v) is 5.51. The van der Waals surface area contributed by atoms with Crippen LogP contribution in [0.1, 0.15) is 42.1 Å². The summed E-state index contributed by atoms with van der Waals surface area (Å²) in [5, 5.41) is 13.3. The number of hydrogen-bond acceptors (Lipinski definition) is 3. The smallest absolute Gasteiger partial charge is 0.255 e. The van der Waals surface area contributed by atoms with E-state index in [9.17, 15) is 14.3 Å². The van der Waals surface area contributed by atoms with Crippen molar-refractivity contribution in [2.75, 3.05) is 16.8 Å². The highest BCUT2D eigenvalue weighted by atomic mass is 35.5. The SMILES string of the molecule is Cc1ccc(NC(=O)c2ccc(F)c(N3CCC(O)CCC3C)c2)cc1Cl. The molecular weight excluding hydrogens is 367 g/mol. The molecule has 1 aliphatic rings. The van der Waals surface area contributed by atoms with Crippen LogP contribution in [0.2, 0.25) is 5.02 Å². The molecule has 0 aliphatic carbocycles. The van der Waals surface area contributed by atoms with Crippen molar-refractivity contribution in [2.24, 2.45) is 0 Å². The predicted octanol–water partition coefficient (Wildman–Crippen LogP) is 4.78. The molecule has 2 unspecified atom stereocenters. The number of nitrogens with zero attached hydrogens (tertiary/aromatic N) is 1. The van der Waals surface area contributed by atoms with Crippen molar-refractivity contribution >= 4 is 28.9 Å². The Labute approximate surface area is 164 Å². The Morgan fingerprint density at radius 2 is 2.00 bits per heavy atom. The fourth-order valence-electron chi connectivity index (χ4n) is 3.35. The minimum Gasteiger partial charge on any atom is -0.393 e. The van der Waals surface area contributed by atoms with E-state index in [4.69, 9.17) is 11.6 Å². The maximum atomic E-state index is 14.5. The van der Waals surface area contributed by atoms with E-state index in [2.05, 4.69) is 5.32 Å². The van der Waals surface area contributed by atoms with Gasteiger partial charge < -0.3 is 15.3 Å². The largest absolute Gasteiger partial charge is 0.393 e. The van der Waals surface area contributed by atoms with Crippen molar-refractivity contribution in [2.45, 2.75) is 45.3 Å². The van der Waals surface area contributed by atoms with Crippen LogP contribution in [-0.4, -0.2) is 29.7 Å². The molecule has 1 saturated heterocycles. The van der Waals surface area contributed by atoms with Gasteiger partial charge in [0.1, 0.15) is 5.82 Å². The molecule has 3 rings (SSSR count). The van der Waals surface area contributed by atoms with E-state index >= 15 is 0 Å². The number of aliphatic hydroxyl groups is 1. The van der Waals surface area contributed by atoms with Crippen LogP contribution in [0.3, 0.4) is 0 Å². The zero-order valence-electron chi connectivity index (χ0n) is 15.5. The molecule has 144 valence electrons. The van der Waals surface area contributed by atoms with Gasteiger partial charge in [-0.25, -0.2) is 4.39 Å². The van der Waals surface area contributed by atoms with Crippen LogP contribution in [0.25, 0.3) is 0 Å². The molecule has 0 bridgehead atoms. The average Bonchev–Trinajstić information content (AvgIpc) is 2.80. The lowest BCUT2D eigenvalue weighted by Crippen LogP contribution is -2.33. The van der Waals surface area contributed by atoms with E-state index in [1.54, 1.807) is 18.2 Å². The Hall–Kier alpha value is -2.11. The average molecular weight is 391 g/mol. The van der Waals surface area contributed by atoms with Gasteiger partial charge in [-0.2, -0.15) is 0 Å². The van der Waals surface area contributed by atoms with Crippen molar-refractivity contribution in [1.82, 2.24) is 0 Å². The van der Waals surface area contributed by atoms with Crippen molar-refractivity contribution in [3.63, 3.8) is 0 Å². The number of aliphatic hydroxyl groups excluding tert-OH is 1. The monoisotopic (exact) mass is 390 g/mol. The first-order chi connectivity index (χ1) is 12.8. The summed E-state index contributed by atoms with van der Waals surface area (Å²) in [4.78, 5) is 14.6. The second kappa shape index (κ2) is 8.28. The second-order valence-electron chi connectivity index (χ2n) is 7.15. The van der Waals surface area contributed by atoms with Gasteiger partial charge in [-0.15, -0.1) is 0 Å². The molecule has 27 heavy (non-hydrogen) atoms. The molecule has 6 heteroatoms. The number of halogens is 2. The van der Waals surface area contributed by atoms with Gasteiger partial charge >= 0.3 is 0 Å². The Balaban J connectivity index is 1.83. The molecule has 1 aliphatic heterocycles. The lowest BCUT2D eigenvalue weighted by atomic mass is 10.1. The van der Waals surface area contributed by atoms with Gasteiger partial charge in [0.2, 0.25) is 0 Å². The predicted molar refractivity (Wildman–Crippen MR) is 107 cm³/mol. The summed E-state index contributed by atoms with van der Waals surface area (Å²) in [6.07, 6.45) is 1.70. The van der Waals surface area contributed by atoms with E-state index in [-0.39, 0.29) is 23.9 Å². The maximum Gasteiger partial charge on any atom is 0.255 e. The van der Waals surface area contributed by atoms with Crippen molar-refractivity contribution < 1.29 is 14.3 Å². The minimum atomic E-state index is -0.367. The van der Waals surface area contributed by atoms with E-state index < -0.39 is 0 Å². The van der Waals surface area contributed by atoms with Crippen molar-refractivity contribution in [1.29, 1.82) is 0 Å². The van der Waals surface area contributed by atoms with Gasteiger partial charge in [-0.05, 0) is 69.0 Å². The Morgan fingerprint density at radius 3 is 2.74 bits per heavy atom. The van der Waals surface area contributed by atoms with E-state index in [1.807, 2.05) is 24.8 Å². The number of carbonyl (C=O) groups is 1. The second-order valence-corrected chi connectivity index (χ2v) is 7.55. The number of nitrogens with one attached hydrogen (secondary N) is 1. The number of aryl methyl sites for hydroxylation is 1. The molecule has 1 amide bonds. The van der Waals surface area contributed by atoms with E-state index in [0.29, 0.717) is 41.3 Å². The normalized spacial score (nSPS) is 20.3. The molecule has 2 aromatic carbocycles. The summed E-state index contributed by atoms with van der Waals surface area (Å²) < 4.78 is 14.5. The van der Waals surface area contributed by atoms with Crippen LogP contribution in [-0.2, 0) is 0 Å². The molecule has 0 radical (unpaired) electrons. The van der Waals surface area contributed by atoms with Crippen LogP contribution in [0.5, 0.6) is 0 Å². The summed E-state index contributed by atoms with van der Waals surface area (Å²) in [7, 11) is 0. The highest BCUT2D eigenvalue weighted by Crippen LogP contribution is 2.28. The van der Waals surface area contributed by atoms with Crippen LogP contribution in [0.15, 0.2) is 36.4 Å². The van der Waals surface area contributed by atoms with Crippen LogP contribution >= 0.6 is 11.6 Å². The summed E-state index contributed by atoms with van der Waals surface area (Å²) in [5.74, 6) is -0.688. The summed E-state index contributed by atoms with van der Waals surface area (Å²) >= 11 is 6.11. The van der Waals surface area contributed by atoms with E-state index in [0.717, 1.165) is 12.0 Å². The van der Waals surface area contributed by atoms with Crippen LogP contribution in [0, 0.1) is 12.7 Å². The first-order valence-corrected chi connectivity index (χ1v) is 9.54. The van der Waals surface area contributed by atoms with Crippen LogP contribution in [0.4, 0.5) is 15.8 Å².